The zero-order valence-electron chi connectivity index (χ0n) is 10.2. The van der Waals surface area contributed by atoms with Crippen LogP contribution in [0.1, 0.15) is 38.7 Å². The number of hydrazone groups is 1. The smallest absolute Gasteiger partial charge is 0.0648 e. The lowest BCUT2D eigenvalue weighted by molar-refractivity contribution is 0.866. The van der Waals surface area contributed by atoms with Gasteiger partial charge in [0, 0.05) is 17.8 Å². The predicted molar refractivity (Wildman–Crippen MR) is 69.9 cm³/mol. The van der Waals surface area contributed by atoms with E-state index in [1.807, 2.05) is 11.9 Å². The molecule has 0 amide bonds. The fourth-order valence-corrected chi connectivity index (χ4v) is 1.89. The minimum atomic E-state index is 0.570. The molecule has 0 saturated carbocycles. The summed E-state index contributed by atoms with van der Waals surface area (Å²) in [5.41, 5.74) is 4.63. The van der Waals surface area contributed by atoms with Crippen molar-refractivity contribution < 1.29 is 0 Å². The van der Waals surface area contributed by atoms with Gasteiger partial charge in [0.05, 0.1) is 5.69 Å². The fourth-order valence-electron chi connectivity index (χ4n) is 1.89. The first-order valence-corrected chi connectivity index (χ1v) is 5.70. The summed E-state index contributed by atoms with van der Waals surface area (Å²) in [7, 11) is 0. The van der Waals surface area contributed by atoms with E-state index in [-0.39, 0.29) is 0 Å². The fraction of sp³-hybridized carbons (Fsp3) is 0.357. The Hall–Kier alpha value is -1.57. The van der Waals surface area contributed by atoms with Gasteiger partial charge in [-0.25, -0.2) is 5.01 Å². The summed E-state index contributed by atoms with van der Waals surface area (Å²) in [6.45, 7) is 10.5. The number of anilines is 1. The molecule has 0 aromatic heterocycles. The number of hydrogen-bond donors (Lipinski definition) is 0. The molecule has 2 heteroatoms. The second-order valence-corrected chi connectivity index (χ2v) is 4.64. The average Bonchev–Trinajstić information content (AvgIpc) is 2.58. The molecule has 0 bridgehead atoms. The molecule has 1 aliphatic heterocycles. The SMILES string of the molecule is C=C1CC(C)=NN1c1ccc(C(C)C)cc1. The summed E-state index contributed by atoms with van der Waals surface area (Å²) in [6.07, 6.45) is 0.881. The quantitative estimate of drug-likeness (QED) is 0.728. The van der Waals surface area contributed by atoms with Gasteiger partial charge in [0.25, 0.3) is 0 Å². The summed E-state index contributed by atoms with van der Waals surface area (Å²) >= 11 is 0. The van der Waals surface area contributed by atoms with Crippen LogP contribution in [0.15, 0.2) is 41.6 Å². The van der Waals surface area contributed by atoms with Crippen LogP contribution in [0.3, 0.4) is 0 Å². The van der Waals surface area contributed by atoms with Crippen molar-refractivity contribution in [3.05, 3.63) is 42.1 Å². The summed E-state index contributed by atoms with van der Waals surface area (Å²) in [4.78, 5) is 0. The molecule has 0 aliphatic carbocycles. The minimum absolute atomic E-state index is 0.570. The van der Waals surface area contributed by atoms with E-state index in [9.17, 15) is 0 Å². The van der Waals surface area contributed by atoms with Gasteiger partial charge in [0.15, 0.2) is 0 Å². The van der Waals surface area contributed by atoms with Crippen molar-refractivity contribution >= 4 is 11.4 Å². The monoisotopic (exact) mass is 214 g/mol. The molecular formula is C14H18N2. The Kier molecular flexibility index (Phi) is 2.82. The Morgan fingerprint density at radius 1 is 1.25 bits per heavy atom. The van der Waals surface area contributed by atoms with Crippen LogP contribution in [-0.2, 0) is 0 Å². The highest BCUT2D eigenvalue weighted by atomic mass is 15.5. The van der Waals surface area contributed by atoms with E-state index in [1.165, 1.54) is 5.56 Å². The van der Waals surface area contributed by atoms with Gasteiger partial charge in [-0.05, 0) is 30.5 Å². The van der Waals surface area contributed by atoms with Crippen molar-refractivity contribution in [2.24, 2.45) is 5.10 Å². The Morgan fingerprint density at radius 2 is 1.88 bits per heavy atom. The number of nitrogens with zero attached hydrogens (tertiary/aromatic N) is 2. The lowest BCUT2D eigenvalue weighted by atomic mass is 10.0. The van der Waals surface area contributed by atoms with E-state index in [1.54, 1.807) is 0 Å². The molecule has 1 aromatic carbocycles. The van der Waals surface area contributed by atoms with Crippen molar-refractivity contribution in [2.45, 2.75) is 33.1 Å². The molecule has 84 valence electrons. The van der Waals surface area contributed by atoms with Crippen molar-refractivity contribution in [2.75, 3.05) is 5.01 Å². The van der Waals surface area contributed by atoms with Crippen LogP contribution in [0, 0.1) is 0 Å². The van der Waals surface area contributed by atoms with E-state index < -0.39 is 0 Å². The molecule has 0 spiro atoms. The first-order valence-electron chi connectivity index (χ1n) is 5.70. The second kappa shape index (κ2) is 4.12. The first-order chi connectivity index (χ1) is 7.58. The zero-order chi connectivity index (χ0) is 11.7. The van der Waals surface area contributed by atoms with Crippen molar-refractivity contribution in [1.82, 2.24) is 0 Å². The van der Waals surface area contributed by atoms with Crippen molar-refractivity contribution in [3.8, 4) is 0 Å². The van der Waals surface area contributed by atoms with Gasteiger partial charge in [-0.3, -0.25) is 0 Å². The molecule has 0 saturated heterocycles. The number of allylic oxidation sites excluding steroid dienone is 1. The van der Waals surface area contributed by atoms with Gasteiger partial charge in [-0.15, -0.1) is 0 Å². The molecule has 2 nitrogen and oxygen atoms in total. The lowest BCUT2D eigenvalue weighted by Crippen LogP contribution is -2.08. The minimum Gasteiger partial charge on any atom is -0.238 e. The van der Waals surface area contributed by atoms with Crippen molar-refractivity contribution in [1.29, 1.82) is 0 Å². The third-order valence-corrected chi connectivity index (χ3v) is 2.83. The Labute approximate surface area is 97.3 Å². The number of benzene rings is 1. The molecule has 0 radical (unpaired) electrons. The van der Waals surface area contributed by atoms with Crippen LogP contribution in [0.5, 0.6) is 0 Å². The molecule has 1 aromatic rings. The van der Waals surface area contributed by atoms with Gasteiger partial charge in [0.2, 0.25) is 0 Å². The largest absolute Gasteiger partial charge is 0.238 e. The second-order valence-electron chi connectivity index (χ2n) is 4.64. The van der Waals surface area contributed by atoms with E-state index in [0.717, 1.165) is 23.5 Å². The molecule has 1 heterocycles. The van der Waals surface area contributed by atoms with Crippen LogP contribution < -0.4 is 5.01 Å². The van der Waals surface area contributed by atoms with Crippen LogP contribution in [0.2, 0.25) is 0 Å². The molecule has 2 rings (SSSR count). The number of hydrogen-bond acceptors (Lipinski definition) is 2. The maximum absolute atomic E-state index is 4.46. The van der Waals surface area contributed by atoms with E-state index in [2.05, 4.69) is 49.8 Å². The lowest BCUT2D eigenvalue weighted by Gasteiger charge is -2.16. The molecule has 1 aliphatic rings. The molecule has 0 unspecified atom stereocenters. The molecule has 0 N–H and O–H groups in total. The average molecular weight is 214 g/mol. The van der Waals surface area contributed by atoms with Crippen LogP contribution >= 0.6 is 0 Å². The number of rotatable bonds is 2. The maximum atomic E-state index is 4.46. The highest BCUT2D eigenvalue weighted by Gasteiger charge is 2.17. The van der Waals surface area contributed by atoms with Gasteiger partial charge in [-0.1, -0.05) is 32.6 Å². The molecule has 16 heavy (non-hydrogen) atoms. The van der Waals surface area contributed by atoms with Gasteiger partial charge in [0.1, 0.15) is 0 Å². The van der Waals surface area contributed by atoms with Gasteiger partial charge in [-0.2, -0.15) is 5.10 Å². The van der Waals surface area contributed by atoms with Crippen LogP contribution in [-0.4, -0.2) is 5.71 Å². The normalized spacial score (nSPS) is 15.9. The maximum Gasteiger partial charge on any atom is 0.0648 e. The Balaban J connectivity index is 2.25. The third kappa shape index (κ3) is 2.01. The Morgan fingerprint density at radius 3 is 2.31 bits per heavy atom. The molecule has 0 fully saturated rings. The summed E-state index contributed by atoms with van der Waals surface area (Å²) in [6, 6.07) is 8.55. The standard InChI is InChI=1S/C14H18N2/c1-10(2)13-5-7-14(8-6-13)16-12(4)9-11(3)15-16/h5-8,10H,4,9H2,1-3H3. The Bertz CT molecular complexity index is 427. The summed E-state index contributed by atoms with van der Waals surface area (Å²) < 4.78 is 0. The first kappa shape index (κ1) is 10.9. The van der Waals surface area contributed by atoms with Crippen molar-refractivity contribution in [3.63, 3.8) is 0 Å². The summed E-state index contributed by atoms with van der Waals surface area (Å²) in [5, 5.41) is 6.39. The molecular weight excluding hydrogens is 196 g/mol. The molecule has 0 atom stereocenters. The van der Waals surface area contributed by atoms with Crippen LogP contribution in [0.4, 0.5) is 5.69 Å². The van der Waals surface area contributed by atoms with Gasteiger partial charge < -0.3 is 0 Å². The topological polar surface area (TPSA) is 15.6 Å². The van der Waals surface area contributed by atoms with E-state index in [0.29, 0.717) is 5.92 Å². The highest BCUT2D eigenvalue weighted by molar-refractivity contribution is 5.89. The van der Waals surface area contributed by atoms with Crippen LogP contribution in [0.25, 0.3) is 0 Å². The van der Waals surface area contributed by atoms with E-state index >= 15 is 0 Å². The third-order valence-electron chi connectivity index (χ3n) is 2.83. The summed E-state index contributed by atoms with van der Waals surface area (Å²) in [5.74, 6) is 0.570. The highest BCUT2D eigenvalue weighted by Crippen LogP contribution is 2.27. The van der Waals surface area contributed by atoms with Gasteiger partial charge >= 0.3 is 0 Å². The zero-order valence-corrected chi connectivity index (χ0v) is 10.2. The van der Waals surface area contributed by atoms with E-state index in [4.69, 9.17) is 0 Å². The predicted octanol–water partition coefficient (Wildman–Crippen LogP) is 3.91.